The van der Waals surface area contributed by atoms with Crippen LogP contribution in [0.1, 0.15) is 25.6 Å². The highest BCUT2D eigenvalue weighted by atomic mass is 16.1. The van der Waals surface area contributed by atoms with E-state index in [1.54, 1.807) is 12.5 Å². The van der Waals surface area contributed by atoms with E-state index in [0.717, 1.165) is 5.69 Å². The topological polar surface area (TPSA) is 57.8 Å². The molecule has 1 unspecified atom stereocenters. The average Bonchev–Trinajstić information content (AvgIpc) is 2.35. The van der Waals surface area contributed by atoms with Gasteiger partial charge in [0.25, 0.3) is 0 Å². The lowest BCUT2D eigenvalue weighted by Gasteiger charge is -2.07. The molecule has 0 aliphatic heterocycles. The van der Waals surface area contributed by atoms with E-state index in [-0.39, 0.29) is 11.9 Å². The molecular formula is C7H11N3O. The third-order valence-electron chi connectivity index (χ3n) is 1.38. The van der Waals surface area contributed by atoms with Crippen LogP contribution in [0.25, 0.3) is 0 Å². The summed E-state index contributed by atoms with van der Waals surface area (Å²) in [5.41, 5.74) is 0.847. The van der Waals surface area contributed by atoms with Gasteiger partial charge < -0.3 is 10.3 Å². The fraction of sp³-hybridized carbons (Fsp3) is 0.429. The second kappa shape index (κ2) is 3.18. The van der Waals surface area contributed by atoms with Crippen molar-refractivity contribution in [2.75, 3.05) is 0 Å². The quantitative estimate of drug-likeness (QED) is 0.653. The molecule has 0 spiro atoms. The number of carbonyl (C=O) groups is 1. The number of amides is 1. The van der Waals surface area contributed by atoms with E-state index >= 15 is 0 Å². The van der Waals surface area contributed by atoms with Gasteiger partial charge >= 0.3 is 0 Å². The highest BCUT2D eigenvalue weighted by Crippen LogP contribution is 2.05. The molecule has 0 aliphatic rings. The van der Waals surface area contributed by atoms with Crippen LogP contribution in [0.4, 0.5) is 0 Å². The van der Waals surface area contributed by atoms with Gasteiger partial charge in [-0.3, -0.25) is 4.79 Å². The molecule has 4 heteroatoms. The van der Waals surface area contributed by atoms with Crippen LogP contribution in [0.5, 0.6) is 0 Å². The van der Waals surface area contributed by atoms with Crippen LogP contribution in [0.3, 0.4) is 0 Å². The van der Waals surface area contributed by atoms with Gasteiger partial charge in [0.05, 0.1) is 18.1 Å². The third kappa shape index (κ3) is 2.07. The van der Waals surface area contributed by atoms with Gasteiger partial charge in [0.2, 0.25) is 5.91 Å². The van der Waals surface area contributed by atoms with Crippen molar-refractivity contribution in [2.24, 2.45) is 0 Å². The second-order valence-electron chi connectivity index (χ2n) is 2.42. The molecule has 1 amide bonds. The normalized spacial score (nSPS) is 12.5. The van der Waals surface area contributed by atoms with Crippen molar-refractivity contribution in [1.82, 2.24) is 15.3 Å². The molecule has 1 aromatic rings. The first-order chi connectivity index (χ1) is 5.20. The number of imidazole rings is 1. The minimum absolute atomic E-state index is 0.0150. The summed E-state index contributed by atoms with van der Waals surface area (Å²) in [4.78, 5) is 17.4. The van der Waals surface area contributed by atoms with Gasteiger partial charge in [-0.1, -0.05) is 0 Å². The predicted octanol–water partition coefficient (Wildman–Crippen LogP) is 0.607. The number of hydrogen-bond donors (Lipinski definition) is 2. The highest BCUT2D eigenvalue weighted by molar-refractivity contribution is 5.73. The molecule has 1 atom stereocenters. The van der Waals surface area contributed by atoms with Gasteiger partial charge in [-0.25, -0.2) is 4.98 Å². The molecule has 0 fully saturated rings. The number of hydrogen-bond acceptors (Lipinski definition) is 2. The largest absolute Gasteiger partial charge is 0.351 e. The van der Waals surface area contributed by atoms with E-state index in [2.05, 4.69) is 15.3 Å². The minimum Gasteiger partial charge on any atom is -0.351 e. The fourth-order valence-electron chi connectivity index (χ4n) is 0.887. The first-order valence-electron chi connectivity index (χ1n) is 3.46. The maximum absolute atomic E-state index is 10.6. The van der Waals surface area contributed by atoms with Crippen molar-refractivity contribution in [3.05, 3.63) is 18.2 Å². The predicted molar refractivity (Wildman–Crippen MR) is 40.8 cm³/mol. The molecule has 60 valence electrons. The van der Waals surface area contributed by atoms with Crippen LogP contribution < -0.4 is 5.32 Å². The minimum atomic E-state index is -0.0412. The SMILES string of the molecule is CC(=O)NC(C)c1c[nH]cn1. The standard InChI is InChI=1S/C7H11N3O/c1-5(10-6(2)11)7-3-8-4-9-7/h3-5H,1-2H3,(H,8,9)(H,10,11). The van der Waals surface area contributed by atoms with Crippen LogP contribution in [0.2, 0.25) is 0 Å². The van der Waals surface area contributed by atoms with Crippen molar-refractivity contribution in [1.29, 1.82) is 0 Å². The van der Waals surface area contributed by atoms with E-state index in [4.69, 9.17) is 0 Å². The maximum Gasteiger partial charge on any atom is 0.217 e. The fourth-order valence-corrected chi connectivity index (χ4v) is 0.887. The third-order valence-corrected chi connectivity index (χ3v) is 1.38. The van der Waals surface area contributed by atoms with E-state index in [1.807, 2.05) is 6.92 Å². The molecule has 1 rings (SSSR count). The molecule has 0 radical (unpaired) electrons. The van der Waals surface area contributed by atoms with E-state index < -0.39 is 0 Å². The van der Waals surface area contributed by atoms with Crippen molar-refractivity contribution in [3.8, 4) is 0 Å². The monoisotopic (exact) mass is 153 g/mol. The Hall–Kier alpha value is -1.32. The van der Waals surface area contributed by atoms with E-state index in [9.17, 15) is 4.79 Å². The van der Waals surface area contributed by atoms with Gasteiger partial charge in [-0.2, -0.15) is 0 Å². The molecular weight excluding hydrogens is 142 g/mol. The Kier molecular flexibility index (Phi) is 2.25. The molecule has 0 aliphatic carbocycles. The van der Waals surface area contributed by atoms with Crippen molar-refractivity contribution in [2.45, 2.75) is 19.9 Å². The highest BCUT2D eigenvalue weighted by Gasteiger charge is 2.06. The van der Waals surface area contributed by atoms with E-state index in [0.29, 0.717) is 0 Å². The number of carbonyl (C=O) groups excluding carboxylic acids is 1. The zero-order chi connectivity index (χ0) is 8.27. The molecule has 0 bridgehead atoms. The molecule has 0 aromatic carbocycles. The Labute approximate surface area is 65.0 Å². The summed E-state index contributed by atoms with van der Waals surface area (Å²) >= 11 is 0. The zero-order valence-electron chi connectivity index (χ0n) is 6.59. The second-order valence-corrected chi connectivity index (χ2v) is 2.42. The molecule has 0 saturated carbocycles. The Bertz CT molecular complexity index is 230. The first kappa shape index (κ1) is 7.78. The Morgan fingerprint density at radius 2 is 2.55 bits per heavy atom. The number of nitrogens with zero attached hydrogens (tertiary/aromatic N) is 1. The molecule has 1 heterocycles. The molecule has 4 nitrogen and oxygen atoms in total. The lowest BCUT2D eigenvalue weighted by atomic mass is 10.2. The zero-order valence-corrected chi connectivity index (χ0v) is 6.59. The maximum atomic E-state index is 10.6. The lowest BCUT2D eigenvalue weighted by molar-refractivity contribution is -0.119. The number of aromatic amines is 1. The van der Waals surface area contributed by atoms with Crippen LogP contribution in [-0.4, -0.2) is 15.9 Å². The number of rotatable bonds is 2. The van der Waals surface area contributed by atoms with Gasteiger partial charge in [0.15, 0.2) is 0 Å². The molecule has 11 heavy (non-hydrogen) atoms. The van der Waals surface area contributed by atoms with Crippen LogP contribution in [0.15, 0.2) is 12.5 Å². The first-order valence-corrected chi connectivity index (χ1v) is 3.46. The summed E-state index contributed by atoms with van der Waals surface area (Å²) in [6.45, 7) is 3.38. The molecule has 2 N–H and O–H groups in total. The number of nitrogens with one attached hydrogen (secondary N) is 2. The van der Waals surface area contributed by atoms with Gasteiger partial charge in [-0.15, -0.1) is 0 Å². The summed E-state index contributed by atoms with van der Waals surface area (Å²) in [6, 6.07) is -0.0150. The molecule has 0 saturated heterocycles. The number of aromatic nitrogens is 2. The van der Waals surface area contributed by atoms with Crippen LogP contribution in [-0.2, 0) is 4.79 Å². The van der Waals surface area contributed by atoms with Crippen molar-refractivity contribution < 1.29 is 4.79 Å². The van der Waals surface area contributed by atoms with Crippen LogP contribution in [0, 0.1) is 0 Å². The average molecular weight is 153 g/mol. The summed E-state index contributed by atoms with van der Waals surface area (Å²) in [7, 11) is 0. The molecule has 1 aromatic heterocycles. The van der Waals surface area contributed by atoms with Gasteiger partial charge in [0.1, 0.15) is 0 Å². The Morgan fingerprint density at radius 1 is 1.82 bits per heavy atom. The van der Waals surface area contributed by atoms with Crippen molar-refractivity contribution >= 4 is 5.91 Å². The smallest absolute Gasteiger partial charge is 0.217 e. The van der Waals surface area contributed by atoms with Gasteiger partial charge in [-0.05, 0) is 6.92 Å². The summed E-state index contributed by atoms with van der Waals surface area (Å²) in [5.74, 6) is -0.0412. The van der Waals surface area contributed by atoms with Crippen molar-refractivity contribution in [3.63, 3.8) is 0 Å². The number of H-pyrrole nitrogens is 1. The summed E-state index contributed by atoms with van der Waals surface area (Å²) in [5, 5.41) is 2.72. The van der Waals surface area contributed by atoms with Crippen LogP contribution >= 0.6 is 0 Å². The summed E-state index contributed by atoms with van der Waals surface area (Å²) in [6.07, 6.45) is 3.36. The van der Waals surface area contributed by atoms with Gasteiger partial charge in [0, 0.05) is 13.1 Å². The Balaban J connectivity index is 2.56. The van der Waals surface area contributed by atoms with E-state index in [1.165, 1.54) is 6.92 Å². The Morgan fingerprint density at radius 3 is 3.00 bits per heavy atom. The lowest BCUT2D eigenvalue weighted by Crippen LogP contribution is -2.23. The summed E-state index contributed by atoms with van der Waals surface area (Å²) < 4.78 is 0.